The maximum absolute atomic E-state index is 13.0. The fraction of sp³-hybridized carbons (Fsp3) is 0.286. The van der Waals surface area contributed by atoms with Gasteiger partial charge in [0.2, 0.25) is 5.82 Å². The zero-order valence-corrected chi connectivity index (χ0v) is 15.5. The van der Waals surface area contributed by atoms with Crippen molar-refractivity contribution in [3.8, 4) is 0 Å². The first-order chi connectivity index (χ1) is 13.1. The van der Waals surface area contributed by atoms with Gasteiger partial charge in [0.1, 0.15) is 0 Å². The third kappa shape index (κ3) is 3.07. The number of hydrogen-bond acceptors (Lipinski definition) is 3. The van der Waals surface area contributed by atoms with Crippen LogP contribution in [-0.4, -0.2) is 39.2 Å². The second-order valence-corrected chi connectivity index (χ2v) is 6.96. The van der Waals surface area contributed by atoms with Crippen LogP contribution >= 0.6 is 0 Å². The van der Waals surface area contributed by atoms with Gasteiger partial charge in [-0.2, -0.15) is 0 Å². The predicted octanol–water partition coefficient (Wildman–Crippen LogP) is 3.44. The quantitative estimate of drug-likeness (QED) is 0.776. The molecule has 1 aromatic carbocycles. The van der Waals surface area contributed by atoms with Gasteiger partial charge in [0, 0.05) is 25.0 Å². The molecule has 6 heteroatoms. The molecule has 6 nitrogen and oxygen atoms in total. The molecule has 4 rings (SSSR count). The molecule has 3 aromatic rings. The summed E-state index contributed by atoms with van der Waals surface area (Å²) in [6, 6.07) is 11.4. The maximum atomic E-state index is 13.0. The number of amides is 2. The average Bonchev–Trinajstić information content (AvgIpc) is 3.32. The molecule has 3 heterocycles. The van der Waals surface area contributed by atoms with Crippen molar-refractivity contribution < 1.29 is 9.59 Å². The van der Waals surface area contributed by atoms with Crippen molar-refractivity contribution >= 4 is 23.0 Å². The number of fused-ring (bicyclic) bond motifs is 1. The van der Waals surface area contributed by atoms with Crippen LogP contribution in [0.5, 0.6) is 0 Å². The van der Waals surface area contributed by atoms with E-state index in [1.807, 2.05) is 55.1 Å². The lowest BCUT2D eigenvalue weighted by atomic mass is 10.1. The van der Waals surface area contributed by atoms with Gasteiger partial charge in [-0.05, 0) is 49.9 Å². The van der Waals surface area contributed by atoms with Crippen molar-refractivity contribution in [2.75, 3.05) is 18.4 Å². The number of nitrogens with zero attached hydrogens (tertiary/aromatic N) is 3. The van der Waals surface area contributed by atoms with Crippen LogP contribution in [0.4, 0.5) is 5.69 Å². The van der Waals surface area contributed by atoms with Crippen LogP contribution in [0.1, 0.15) is 45.1 Å². The number of para-hydroxylation sites is 1. The molecule has 0 saturated carbocycles. The number of carbonyl (C=O) groups is 2. The smallest absolute Gasteiger partial charge is 0.292 e. The Balaban J connectivity index is 1.73. The van der Waals surface area contributed by atoms with Crippen molar-refractivity contribution in [1.82, 2.24) is 14.3 Å². The highest BCUT2D eigenvalue weighted by atomic mass is 16.2. The highest BCUT2D eigenvalue weighted by Crippen LogP contribution is 2.22. The number of hydrogen-bond donors (Lipinski definition) is 1. The van der Waals surface area contributed by atoms with Gasteiger partial charge in [-0.1, -0.05) is 24.3 Å². The monoisotopic (exact) mass is 362 g/mol. The minimum atomic E-state index is -0.325. The van der Waals surface area contributed by atoms with E-state index in [9.17, 15) is 9.59 Å². The minimum Gasteiger partial charge on any atom is -0.337 e. The van der Waals surface area contributed by atoms with Gasteiger partial charge in [-0.3, -0.25) is 14.0 Å². The van der Waals surface area contributed by atoms with Gasteiger partial charge in [-0.25, -0.2) is 4.98 Å². The molecule has 1 aliphatic heterocycles. The molecule has 27 heavy (non-hydrogen) atoms. The maximum Gasteiger partial charge on any atom is 0.292 e. The van der Waals surface area contributed by atoms with Gasteiger partial charge in [0.25, 0.3) is 11.8 Å². The van der Waals surface area contributed by atoms with E-state index in [0.717, 1.165) is 42.7 Å². The van der Waals surface area contributed by atoms with E-state index in [0.29, 0.717) is 11.2 Å². The van der Waals surface area contributed by atoms with Gasteiger partial charge in [-0.15, -0.1) is 0 Å². The average molecular weight is 362 g/mol. The largest absolute Gasteiger partial charge is 0.337 e. The number of anilines is 1. The van der Waals surface area contributed by atoms with E-state index in [1.54, 1.807) is 10.6 Å². The summed E-state index contributed by atoms with van der Waals surface area (Å²) in [5.74, 6) is -0.216. The number of rotatable bonds is 3. The molecule has 1 saturated heterocycles. The molecule has 0 aliphatic carbocycles. The fourth-order valence-electron chi connectivity index (χ4n) is 3.61. The van der Waals surface area contributed by atoms with Crippen molar-refractivity contribution in [2.24, 2.45) is 0 Å². The van der Waals surface area contributed by atoms with Crippen molar-refractivity contribution in [1.29, 1.82) is 0 Å². The molecular weight excluding hydrogens is 340 g/mol. The predicted molar refractivity (Wildman–Crippen MR) is 104 cm³/mol. The lowest BCUT2D eigenvalue weighted by molar-refractivity contribution is 0.0789. The summed E-state index contributed by atoms with van der Waals surface area (Å²) in [5.41, 5.74) is 3.74. The first-order valence-electron chi connectivity index (χ1n) is 9.20. The van der Waals surface area contributed by atoms with Crippen molar-refractivity contribution in [3.05, 3.63) is 65.2 Å². The second kappa shape index (κ2) is 6.87. The zero-order chi connectivity index (χ0) is 19.0. The Labute approximate surface area is 157 Å². The summed E-state index contributed by atoms with van der Waals surface area (Å²) in [4.78, 5) is 32.1. The van der Waals surface area contributed by atoms with Gasteiger partial charge >= 0.3 is 0 Å². The molecule has 0 spiro atoms. The highest BCUT2D eigenvalue weighted by Gasteiger charge is 2.27. The zero-order valence-electron chi connectivity index (χ0n) is 15.5. The van der Waals surface area contributed by atoms with E-state index in [-0.39, 0.29) is 17.6 Å². The molecule has 0 bridgehead atoms. The molecule has 2 aromatic heterocycles. The van der Waals surface area contributed by atoms with Crippen molar-refractivity contribution in [3.63, 3.8) is 0 Å². The molecule has 1 fully saturated rings. The fourth-order valence-corrected chi connectivity index (χ4v) is 3.61. The number of benzene rings is 1. The number of carbonyl (C=O) groups excluding carboxylic acids is 2. The van der Waals surface area contributed by atoms with Crippen LogP contribution in [-0.2, 0) is 0 Å². The van der Waals surface area contributed by atoms with E-state index in [4.69, 9.17) is 0 Å². The third-order valence-corrected chi connectivity index (χ3v) is 5.07. The standard InChI is InChI=1S/C21H22N4O2/c1-14-8-7-9-15(2)17(14)23-20(26)19-22-18(16-10-3-4-13-25(16)19)21(27)24-11-5-6-12-24/h3-4,7-10,13H,5-6,11-12H2,1-2H3,(H,23,26). The molecule has 2 amide bonds. The first-order valence-corrected chi connectivity index (χ1v) is 9.20. The van der Waals surface area contributed by atoms with E-state index < -0.39 is 0 Å². The Hall–Kier alpha value is -3.15. The van der Waals surface area contributed by atoms with E-state index in [2.05, 4.69) is 10.3 Å². The molecule has 0 atom stereocenters. The third-order valence-electron chi connectivity index (χ3n) is 5.07. The van der Waals surface area contributed by atoms with E-state index >= 15 is 0 Å². The summed E-state index contributed by atoms with van der Waals surface area (Å²) < 4.78 is 1.69. The molecule has 1 N–H and O–H groups in total. The Morgan fingerprint density at radius 2 is 1.70 bits per heavy atom. The number of aryl methyl sites for hydroxylation is 2. The molecular formula is C21H22N4O2. The second-order valence-electron chi connectivity index (χ2n) is 6.96. The summed E-state index contributed by atoms with van der Waals surface area (Å²) in [6.45, 7) is 5.40. The van der Waals surface area contributed by atoms with Crippen LogP contribution in [0, 0.1) is 13.8 Å². The van der Waals surface area contributed by atoms with Crippen LogP contribution in [0.3, 0.4) is 0 Å². The van der Waals surface area contributed by atoms with Crippen molar-refractivity contribution in [2.45, 2.75) is 26.7 Å². The normalized spacial score (nSPS) is 13.9. The Kier molecular flexibility index (Phi) is 4.39. The molecule has 1 aliphatic rings. The minimum absolute atomic E-state index is 0.109. The Bertz CT molecular complexity index is 1010. The van der Waals surface area contributed by atoms with Crippen LogP contribution in [0.15, 0.2) is 42.6 Å². The number of imidazole rings is 1. The molecule has 0 radical (unpaired) electrons. The summed E-state index contributed by atoms with van der Waals surface area (Å²) >= 11 is 0. The summed E-state index contributed by atoms with van der Waals surface area (Å²) in [7, 11) is 0. The lowest BCUT2D eigenvalue weighted by Gasteiger charge is -2.13. The van der Waals surface area contributed by atoms with Crippen LogP contribution in [0.2, 0.25) is 0 Å². The SMILES string of the molecule is Cc1cccc(C)c1NC(=O)c1nc(C(=O)N2CCCC2)c2ccccn12. The number of nitrogens with one attached hydrogen (secondary N) is 1. The number of aromatic nitrogens is 2. The van der Waals surface area contributed by atoms with Gasteiger partial charge in [0.15, 0.2) is 5.69 Å². The first kappa shape index (κ1) is 17.3. The van der Waals surface area contributed by atoms with Gasteiger partial charge in [0.05, 0.1) is 5.52 Å². The van der Waals surface area contributed by atoms with Crippen LogP contribution < -0.4 is 5.32 Å². The Morgan fingerprint density at radius 3 is 2.41 bits per heavy atom. The lowest BCUT2D eigenvalue weighted by Crippen LogP contribution is -2.28. The summed E-state index contributed by atoms with van der Waals surface area (Å²) in [6.07, 6.45) is 3.79. The molecule has 0 unspecified atom stereocenters. The highest BCUT2D eigenvalue weighted by molar-refractivity contribution is 6.06. The van der Waals surface area contributed by atoms with Crippen LogP contribution in [0.25, 0.3) is 5.52 Å². The Morgan fingerprint density at radius 1 is 1.00 bits per heavy atom. The van der Waals surface area contributed by atoms with Gasteiger partial charge < -0.3 is 10.2 Å². The number of pyridine rings is 1. The van der Waals surface area contributed by atoms with E-state index in [1.165, 1.54) is 0 Å². The summed E-state index contributed by atoms with van der Waals surface area (Å²) in [5, 5.41) is 2.96. The molecule has 138 valence electrons. The topological polar surface area (TPSA) is 66.7 Å². The number of likely N-dealkylation sites (tertiary alicyclic amines) is 1.